The van der Waals surface area contributed by atoms with Crippen molar-refractivity contribution >= 4 is 28.6 Å². The van der Waals surface area contributed by atoms with E-state index in [1.807, 2.05) is 66.4 Å². The summed E-state index contributed by atoms with van der Waals surface area (Å²) in [6.07, 6.45) is 1.44. The van der Waals surface area contributed by atoms with Gasteiger partial charge in [0, 0.05) is 10.9 Å². The molecule has 2 aliphatic heterocycles. The number of rotatable bonds is 2. The van der Waals surface area contributed by atoms with E-state index in [1.54, 1.807) is 0 Å². The Morgan fingerprint density at radius 2 is 1.89 bits per heavy atom. The van der Waals surface area contributed by atoms with Gasteiger partial charge >= 0.3 is 5.97 Å². The van der Waals surface area contributed by atoms with Gasteiger partial charge in [-0.25, -0.2) is 9.78 Å². The fourth-order valence-electron chi connectivity index (χ4n) is 4.14. The average Bonchev–Trinajstić information content (AvgIpc) is 3.20. The number of ether oxygens (including phenoxy) is 2. The van der Waals surface area contributed by atoms with Crippen LogP contribution in [-0.4, -0.2) is 35.1 Å². The molecule has 3 atom stereocenters. The molecule has 2 aromatic carbocycles. The Hall–Kier alpha value is -3.18. The highest BCUT2D eigenvalue weighted by atomic mass is 16.6. The monoisotopic (exact) mass is 372 g/mol. The van der Waals surface area contributed by atoms with Crippen molar-refractivity contribution in [1.29, 1.82) is 0 Å². The van der Waals surface area contributed by atoms with Gasteiger partial charge in [-0.05, 0) is 30.7 Å². The van der Waals surface area contributed by atoms with Crippen LogP contribution in [0, 0.1) is 0 Å². The molecular weight excluding hydrogens is 352 g/mol. The van der Waals surface area contributed by atoms with Crippen molar-refractivity contribution in [2.45, 2.75) is 25.3 Å². The van der Waals surface area contributed by atoms with Gasteiger partial charge in [-0.15, -0.1) is 0 Å². The van der Waals surface area contributed by atoms with Gasteiger partial charge in [0.25, 0.3) is 0 Å². The second-order valence-corrected chi connectivity index (χ2v) is 7.13. The predicted molar refractivity (Wildman–Crippen MR) is 107 cm³/mol. The minimum Gasteiger partial charge on any atom is -0.467 e. The third-order valence-corrected chi connectivity index (χ3v) is 5.43. The summed E-state index contributed by atoms with van der Waals surface area (Å²) in [4.78, 5) is 19.5. The molecule has 0 amide bonds. The molecule has 1 aromatic heterocycles. The van der Waals surface area contributed by atoms with E-state index in [4.69, 9.17) is 14.5 Å². The van der Waals surface area contributed by atoms with Gasteiger partial charge in [0.15, 0.2) is 12.3 Å². The van der Waals surface area contributed by atoms with Gasteiger partial charge in [0.05, 0.1) is 30.1 Å². The fourth-order valence-corrected chi connectivity index (χ4v) is 4.14. The molecule has 1 saturated heterocycles. The van der Waals surface area contributed by atoms with E-state index in [0.717, 1.165) is 33.4 Å². The molecule has 5 heteroatoms. The molecule has 3 aromatic rings. The molecule has 0 saturated carbocycles. The maximum atomic E-state index is 12.6. The lowest BCUT2D eigenvalue weighted by Crippen LogP contribution is -2.39. The molecule has 1 fully saturated rings. The predicted octanol–water partition coefficient (Wildman–Crippen LogP) is 4.01. The summed E-state index contributed by atoms with van der Waals surface area (Å²) >= 11 is 0. The van der Waals surface area contributed by atoms with Gasteiger partial charge in [-0.2, -0.15) is 0 Å². The lowest BCUT2D eigenvalue weighted by Gasteiger charge is -2.24. The van der Waals surface area contributed by atoms with Crippen molar-refractivity contribution in [2.24, 2.45) is 0 Å². The number of benzene rings is 2. The number of para-hydroxylation sites is 1. The van der Waals surface area contributed by atoms with Crippen molar-refractivity contribution in [3.8, 4) is 0 Å². The van der Waals surface area contributed by atoms with Crippen LogP contribution >= 0.6 is 0 Å². The fraction of sp³-hybridized carbons (Fsp3) is 0.217. The van der Waals surface area contributed by atoms with Crippen molar-refractivity contribution in [3.05, 3.63) is 77.5 Å². The Morgan fingerprint density at radius 1 is 1.14 bits per heavy atom. The van der Waals surface area contributed by atoms with Crippen LogP contribution in [0.2, 0.25) is 0 Å². The number of nitrogens with zero attached hydrogens (tertiary/aromatic N) is 2. The van der Waals surface area contributed by atoms with Crippen LogP contribution in [0.3, 0.4) is 0 Å². The van der Waals surface area contributed by atoms with Gasteiger partial charge in [-0.1, -0.05) is 48.5 Å². The van der Waals surface area contributed by atoms with Crippen LogP contribution in [0.4, 0.5) is 0 Å². The standard InChI is InChI=1S/C23H20N2O3/c1-14-21(23(26)27-2)25-19(12-15-8-4-3-5-9-15)20-17(22(25)28-14)13-16-10-6-7-11-18(16)24-20/h3-14,21-22H,1-2H3/b19-12-/t14-,21+,22+/m1/s1. The Balaban J connectivity index is 1.74. The van der Waals surface area contributed by atoms with Crippen molar-refractivity contribution in [3.63, 3.8) is 0 Å². The van der Waals surface area contributed by atoms with Crippen LogP contribution in [0.25, 0.3) is 22.7 Å². The van der Waals surface area contributed by atoms with E-state index in [2.05, 4.69) is 12.1 Å². The molecule has 28 heavy (non-hydrogen) atoms. The summed E-state index contributed by atoms with van der Waals surface area (Å²) in [6.45, 7) is 1.91. The second-order valence-electron chi connectivity index (χ2n) is 7.13. The molecule has 0 aliphatic carbocycles. The van der Waals surface area contributed by atoms with E-state index < -0.39 is 6.04 Å². The minimum atomic E-state index is -0.512. The third kappa shape index (κ3) is 2.51. The highest BCUT2D eigenvalue weighted by Crippen LogP contribution is 2.49. The van der Waals surface area contributed by atoms with Gasteiger partial charge < -0.3 is 14.4 Å². The first kappa shape index (κ1) is 17.0. The second kappa shape index (κ2) is 6.46. The van der Waals surface area contributed by atoms with Crippen LogP contribution < -0.4 is 0 Å². The number of carbonyl (C=O) groups excluding carboxylic acids is 1. The van der Waals surface area contributed by atoms with Crippen LogP contribution in [-0.2, 0) is 14.3 Å². The highest BCUT2D eigenvalue weighted by molar-refractivity contribution is 5.91. The largest absolute Gasteiger partial charge is 0.467 e. The Labute approximate surface area is 163 Å². The lowest BCUT2D eigenvalue weighted by molar-refractivity contribution is -0.145. The van der Waals surface area contributed by atoms with Crippen LogP contribution in [0.5, 0.6) is 0 Å². The number of fused-ring (bicyclic) bond motifs is 4. The molecule has 0 N–H and O–H groups in total. The number of pyridine rings is 1. The molecule has 0 spiro atoms. The quantitative estimate of drug-likeness (QED) is 0.636. The van der Waals surface area contributed by atoms with Crippen LogP contribution in [0.1, 0.15) is 30.0 Å². The lowest BCUT2D eigenvalue weighted by atomic mass is 10.1. The molecular formula is C23H20N2O3. The Kier molecular flexibility index (Phi) is 3.91. The molecule has 2 aliphatic rings. The number of esters is 1. The summed E-state index contributed by atoms with van der Waals surface area (Å²) in [5, 5.41) is 1.06. The van der Waals surface area contributed by atoms with Gasteiger partial charge in [0.2, 0.25) is 0 Å². The molecule has 5 nitrogen and oxygen atoms in total. The normalized spacial score (nSPS) is 24.4. The molecule has 0 unspecified atom stereocenters. The van der Waals surface area contributed by atoms with E-state index >= 15 is 0 Å². The van der Waals surface area contributed by atoms with E-state index in [0.29, 0.717) is 0 Å². The Morgan fingerprint density at radius 3 is 2.68 bits per heavy atom. The van der Waals surface area contributed by atoms with Crippen molar-refractivity contribution in [1.82, 2.24) is 9.88 Å². The summed E-state index contributed by atoms with van der Waals surface area (Å²) < 4.78 is 11.3. The summed E-state index contributed by atoms with van der Waals surface area (Å²) in [7, 11) is 1.42. The SMILES string of the molecule is COC(=O)[C@@H]1[C@@H](C)O[C@H]2c3cc4ccccc4nc3/C(=C/c3ccccc3)N12. The minimum absolute atomic E-state index is 0.281. The number of aromatic nitrogens is 1. The maximum Gasteiger partial charge on any atom is 0.331 e. The highest BCUT2D eigenvalue weighted by Gasteiger charge is 2.51. The van der Waals surface area contributed by atoms with E-state index in [9.17, 15) is 4.79 Å². The molecule has 140 valence electrons. The smallest absolute Gasteiger partial charge is 0.331 e. The molecule has 0 bridgehead atoms. The number of methoxy groups -OCH3 is 1. The number of hydrogen-bond acceptors (Lipinski definition) is 5. The zero-order valence-corrected chi connectivity index (χ0v) is 15.7. The Bertz CT molecular complexity index is 1090. The van der Waals surface area contributed by atoms with Crippen molar-refractivity contribution in [2.75, 3.05) is 7.11 Å². The molecule has 3 heterocycles. The average molecular weight is 372 g/mol. The summed E-state index contributed by atoms with van der Waals surface area (Å²) in [5.74, 6) is -0.300. The first-order valence-corrected chi connectivity index (χ1v) is 9.36. The van der Waals surface area contributed by atoms with Gasteiger partial charge in [-0.3, -0.25) is 0 Å². The van der Waals surface area contributed by atoms with E-state index in [1.165, 1.54) is 7.11 Å². The molecule has 0 radical (unpaired) electrons. The first-order valence-electron chi connectivity index (χ1n) is 9.36. The summed E-state index contributed by atoms with van der Waals surface area (Å²) in [5.41, 5.74) is 4.69. The van der Waals surface area contributed by atoms with Gasteiger partial charge in [0.1, 0.15) is 0 Å². The van der Waals surface area contributed by atoms with Crippen molar-refractivity contribution < 1.29 is 14.3 Å². The zero-order valence-electron chi connectivity index (χ0n) is 15.7. The number of carbonyl (C=O) groups is 1. The third-order valence-electron chi connectivity index (χ3n) is 5.43. The van der Waals surface area contributed by atoms with E-state index in [-0.39, 0.29) is 18.3 Å². The molecule has 5 rings (SSSR count). The summed E-state index contributed by atoms with van der Waals surface area (Å²) in [6, 6.07) is 19.7. The zero-order chi connectivity index (χ0) is 19.3. The maximum absolute atomic E-state index is 12.6. The number of hydrogen-bond donors (Lipinski definition) is 0. The first-order chi connectivity index (χ1) is 13.7. The topological polar surface area (TPSA) is 51.7 Å². The van der Waals surface area contributed by atoms with Crippen LogP contribution in [0.15, 0.2) is 60.7 Å².